The average molecular weight is 439 g/mol. The van der Waals surface area contributed by atoms with Gasteiger partial charge in [0.05, 0.1) is 6.54 Å². The molecule has 1 saturated heterocycles. The van der Waals surface area contributed by atoms with Crippen molar-refractivity contribution in [2.24, 2.45) is 12.8 Å². The van der Waals surface area contributed by atoms with Crippen LogP contribution in [-0.2, 0) is 18.4 Å². The summed E-state index contributed by atoms with van der Waals surface area (Å²) in [5.41, 5.74) is 8.00. The molecular weight excluding hydrogens is 408 g/mol. The molecule has 10 nitrogen and oxygen atoms in total. The molecule has 10 heteroatoms. The molecule has 0 spiro atoms. The third-order valence-electron chi connectivity index (χ3n) is 5.67. The van der Waals surface area contributed by atoms with E-state index >= 15 is 0 Å². The van der Waals surface area contributed by atoms with E-state index in [4.69, 9.17) is 10.7 Å². The van der Waals surface area contributed by atoms with Crippen LogP contribution in [0.2, 0.25) is 0 Å². The second kappa shape index (κ2) is 9.39. The molecule has 32 heavy (non-hydrogen) atoms. The number of piperidine rings is 1. The number of fused-ring (bicyclic) bond motifs is 1. The van der Waals surface area contributed by atoms with Gasteiger partial charge in [-0.1, -0.05) is 30.3 Å². The molecule has 1 aliphatic heterocycles. The van der Waals surface area contributed by atoms with Crippen molar-refractivity contribution in [3.63, 3.8) is 0 Å². The number of hydrogen-bond acceptors (Lipinski definition) is 7. The highest BCUT2D eigenvalue weighted by Crippen LogP contribution is 2.24. The van der Waals surface area contributed by atoms with Crippen LogP contribution in [0.3, 0.4) is 0 Å². The van der Waals surface area contributed by atoms with Crippen LogP contribution < -0.4 is 26.8 Å². The molecule has 0 bridgehead atoms. The minimum atomic E-state index is -0.173. The van der Waals surface area contributed by atoms with E-state index in [0.717, 1.165) is 30.9 Å². The standard InChI is InChI=1S/C22H30N8O2/c1-15(31)24-10-11-25-21-26-19-18(20(32)28(21)2)30(13-16-7-4-3-5-8-16)22(27-19)29-12-6-9-17(23)14-29/h3-5,7-8,17H,6,9-14,23H2,1-2H3,(H,24,31)(H,25,26). The van der Waals surface area contributed by atoms with Crippen molar-refractivity contribution in [3.8, 4) is 0 Å². The topological polar surface area (TPSA) is 123 Å². The van der Waals surface area contributed by atoms with Gasteiger partial charge in [-0.05, 0) is 18.4 Å². The van der Waals surface area contributed by atoms with Crippen molar-refractivity contribution >= 4 is 29.0 Å². The minimum absolute atomic E-state index is 0.0792. The monoisotopic (exact) mass is 438 g/mol. The van der Waals surface area contributed by atoms with Gasteiger partial charge in [-0.2, -0.15) is 9.97 Å². The number of amides is 1. The highest BCUT2D eigenvalue weighted by Gasteiger charge is 2.25. The van der Waals surface area contributed by atoms with Gasteiger partial charge in [0.2, 0.25) is 17.8 Å². The van der Waals surface area contributed by atoms with Gasteiger partial charge in [0.15, 0.2) is 11.2 Å². The Hall–Kier alpha value is -3.40. The molecule has 3 heterocycles. The van der Waals surface area contributed by atoms with Gasteiger partial charge in [0, 0.05) is 46.2 Å². The number of carbonyl (C=O) groups is 1. The molecule has 3 aromatic rings. The second-order valence-electron chi connectivity index (χ2n) is 8.21. The SMILES string of the molecule is CC(=O)NCCNc1nc2nc(N3CCCC(N)C3)n(Cc3ccccc3)c2c(=O)n1C. The van der Waals surface area contributed by atoms with E-state index < -0.39 is 0 Å². The van der Waals surface area contributed by atoms with Crippen LogP contribution in [0, 0.1) is 0 Å². The maximum atomic E-state index is 13.4. The Morgan fingerprint density at radius 1 is 1.22 bits per heavy atom. The molecule has 4 rings (SSSR count). The molecule has 1 amide bonds. The van der Waals surface area contributed by atoms with Gasteiger partial charge in [-0.3, -0.25) is 18.7 Å². The van der Waals surface area contributed by atoms with Crippen molar-refractivity contribution in [1.29, 1.82) is 0 Å². The molecule has 1 aromatic carbocycles. The number of carbonyl (C=O) groups excluding carboxylic acids is 1. The predicted octanol–water partition coefficient (Wildman–Crippen LogP) is 0.654. The number of aromatic nitrogens is 4. The van der Waals surface area contributed by atoms with E-state index in [1.165, 1.54) is 11.5 Å². The normalized spacial score (nSPS) is 16.3. The van der Waals surface area contributed by atoms with Gasteiger partial charge in [0.25, 0.3) is 5.56 Å². The number of imidazole rings is 1. The molecule has 1 fully saturated rings. The number of hydrogen-bond donors (Lipinski definition) is 3. The lowest BCUT2D eigenvalue weighted by Gasteiger charge is -2.31. The van der Waals surface area contributed by atoms with E-state index in [1.54, 1.807) is 7.05 Å². The number of nitrogens with one attached hydrogen (secondary N) is 2. The summed E-state index contributed by atoms with van der Waals surface area (Å²) in [4.78, 5) is 36.0. The lowest BCUT2D eigenvalue weighted by atomic mass is 10.1. The highest BCUT2D eigenvalue weighted by molar-refractivity contribution is 5.76. The summed E-state index contributed by atoms with van der Waals surface area (Å²) in [5.74, 6) is 1.03. The lowest BCUT2D eigenvalue weighted by molar-refractivity contribution is -0.118. The Bertz CT molecular complexity index is 1150. The summed E-state index contributed by atoms with van der Waals surface area (Å²) in [6.45, 7) is 4.40. The maximum absolute atomic E-state index is 13.4. The first-order valence-electron chi connectivity index (χ1n) is 10.9. The summed E-state index contributed by atoms with van der Waals surface area (Å²) in [7, 11) is 1.69. The first-order valence-corrected chi connectivity index (χ1v) is 10.9. The summed E-state index contributed by atoms with van der Waals surface area (Å²) in [6.07, 6.45) is 1.97. The van der Waals surface area contributed by atoms with Crippen LogP contribution >= 0.6 is 0 Å². The Kier molecular flexibility index (Phi) is 6.40. The van der Waals surface area contributed by atoms with E-state index in [1.807, 2.05) is 34.9 Å². The van der Waals surface area contributed by atoms with Crippen LogP contribution in [0.5, 0.6) is 0 Å². The van der Waals surface area contributed by atoms with Crippen molar-refractivity contribution in [1.82, 2.24) is 24.4 Å². The fourth-order valence-electron chi connectivity index (χ4n) is 4.07. The van der Waals surface area contributed by atoms with Gasteiger partial charge in [-0.25, -0.2) is 0 Å². The molecule has 1 unspecified atom stereocenters. The Labute approximate surface area is 186 Å². The summed E-state index contributed by atoms with van der Waals surface area (Å²) in [6, 6.07) is 10.1. The molecule has 0 radical (unpaired) electrons. The Balaban J connectivity index is 1.75. The van der Waals surface area contributed by atoms with Gasteiger partial charge >= 0.3 is 0 Å². The van der Waals surface area contributed by atoms with Crippen LogP contribution in [0.4, 0.5) is 11.9 Å². The van der Waals surface area contributed by atoms with E-state index in [-0.39, 0.29) is 17.5 Å². The van der Waals surface area contributed by atoms with E-state index in [9.17, 15) is 9.59 Å². The van der Waals surface area contributed by atoms with Gasteiger partial charge in [0.1, 0.15) is 0 Å². The molecule has 0 saturated carbocycles. The number of benzene rings is 1. The zero-order valence-electron chi connectivity index (χ0n) is 18.5. The van der Waals surface area contributed by atoms with Crippen LogP contribution in [-0.4, -0.2) is 57.2 Å². The highest BCUT2D eigenvalue weighted by atomic mass is 16.1. The summed E-state index contributed by atoms with van der Waals surface area (Å²) in [5, 5.41) is 5.84. The molecule has 2 aromatic heterocycles. The van der Waals surface area contributed by atoms with E-state index in [2.05, 4.69) is 20.5 Å². The average Bonchev–Trinajstić information content (AvgIpc) is 3.13. The first-order chi connectivity index (χ1) is 15.4. The molecule has 0 aliphatic carbocycles. The molecule has 4 N–H and O–H groups in total. The zero-order chi connectivity index (χ0) is 22.7. The van der Waals surface area contributed by atoms with Crippen LogP contribution in [0.1, 0.15) is 25.3 Å². The van der Waals surface area contributed by atoms with E-state index in [0.29, 0.717) is 43.3 Å². The Morgan fingerprint density at radius 3 is 2.72 bits per heavy atom. The number of nitrogens with two attached hydrogens (primary N) is 1. The predicted molar refractivity (Wildman–Crippen MR) is 125 cm³/mol. The lowest BCUT2D eigenvalue weighted by Crippen LogP contribution is -2.44. The smallest absolute Gasteiger partial charge is 0.281 e. The van der Waals surface area contributed by atoms with Gasteiger partial charge in [-0.15, -0.1) is 0 Å². The Morgan fingerprint density at radius 2 is 2.00 bits per heavy atom. The third-order valence-corrected chi connectivity index (χ3v) is 5.67. The van der Waals surface area contributed by atoms with Gasteiger partial charge < -0.3 is 21.3 Å². The van der Waals surface area contributed by atoms with Crippen molar-refractivity contribution in [2.45, 2.75) is 32.4 Å². The summed E-state index contributed by atoms with van der Waals surface area (Å²) >= 11 is 0. The van der Waals surface area contributed by atoms with Crippen LogP contribution in [0.25, 0.3) is 11.2 Å². The molecule has 1 aliphatic rings. The fraction of sp³-hybridized carbons (Fsp3) is 0.455. The largest absolute Gasteiger partial charge is 0.355 e. The quantitative estimate of drug-likeness (QED) is 0.463. The maximum Gasteiger partial charge on any atom is 0.281 e. The van der Waals surface area contributed by atoms with Crippen molar-refractivity contribution in [3.05, 3.63) is 46.2 Å². The second-order valence-corrected chi connectivity index (χ2v) is 8.21. The molecular formula is C22H30N8O2. The zero-order valence-corrected chi connectivity index (χ0v) is 18.5. The number of nitrogens with zero attached hydrogens (tertiary/aromatic N) is 5. The minimum Gasteiger partial charge on any atom is -0.355 e. The van der Waals surface area contributed by atoms with Crippen molar-refractivity contribution in [2.75, 3.05) is 36.4 Å². The van der Waals surface area contributed by atoms with Crippen LogP contribution in [0.15, 0.2) is 35.1 Å². The first kappa shape index (κ1) is 21.8. The number of anilines is 2. The molecule has 170 valence electrons. The number of rotatable bonds is 7. The summed E-state index contributed by atoms with van der Waals surface area (Å²) < 4.78 is 3.45. The molecule has 1 atom stereocenters. The fourth-order valence-corrected chi connectivity index (χ4v) is 4.07. The van der Waals surface area contributed by atoms with Crippen molar-refractivity contribution < 1.29 is 4.79 Å². The third kappa shape index (κ3) is 4.59.